The molecule has 1 aliphatic rings. The topological polar surface area (TPSA) is 15.3 Å². The van der Waals surface area contributed by atoms with Crippen molar-refractivity contribution in [3.63, 3.8) is 0 Å². The summed E-state index contributed by atoms with van der Waals surface area (Å²) in [5, 5.41) is 3.34. The SMILES string of the molecule is CCCC(CNC)N1CCCC(C)(C)C1. The van der Waals surface area contributed by atoms with Gasteiger partial charge in [0.2, 0.25) is 0 Å². The summed E-state index contributed by atoms with van der Waals surface area (Å²) < 4.78 is 0. The Morgan fingerprint density at radius 3 is 2.67 bits per heavy atom. The summed E-state index contributed by atoms with van der Waals surface area (Å²) in [5.74, 6) is 0. The molecule has 1 fully saturated rings. The molecule has 1 saturated heterocycles. The molecule has 1 N–H and O–H groups in total. The lowest BCUT2D eigenvalue weighted by Gasteiger charge is -2.42. The monoisotopic (exact) mass is 212 g/mol. The van der Waals surface area contributed by atoms with E-state index in [1.54, 1.807) is 0 Å². The fourth-order valence-corrected chi connectivity index (χ4v) is 2.76. The average Bonchev–Trinajstić information content (AvgIpc) is 2.16. The summed E-state index contributed by atoms with van der Waals surface area (Å²) >= 11 is 0. The fraction of sp³-hybridized carbons (Fsp3) is 1.00. The number of hydrogen-bond donors (Lipinski definition) is 1. The maximum atomic E-state index is 3.34. The van der Waals surface area contributed by atoms with Gasteiger partial charge >= 0.3 is 0 Å². The van der Waals surface area contributed by atoms with Crippen molar-refractivity contribution < 1.29 is 0 Å². The van der Waals surface area contributed by atoms with Crippen LogP contribution in [0.4, 0.5) is 0 Å². The molecule has 2 heteroatoms. The molecule has 90 valence electrons. The van der Waals surface area contributed by atoms with Crippen LogP contribution in [-0.2, 0) is 0 Å². The summed E-state index contributed by atoms with van der Waals surface area (Å²) in [5.41, 5.74) is 0.526. The lowest BCUT2D eigenvalue weighted by molar-refractivity contribution is 0.0742. The van der Waals surface area contributed by atoms with Crippen LogP contribution in [0.15, 0.2) is 0 Å². The summed E-state index contributed by atoms with van der Waals surface area (Å²) in [6, 6.07) is 0.750. The Bertz CT molecular complexity index is 171. The Morgan fingerprint density at radius 1 is 1.40 bits per heavy atom. The highest BCUT2D eigenvalue weighted by Gasteiger charge is 2.29. The van der Waals surface area contributed by atoms with Crippen molar-refractivity contribution >= 4 is 0 Å². The van der Waals surface area contributed by atoms with Gasteiger partial charge in [0.05, 0.1) is 0 Å². The van der Waals surface area contributed by atoms with Gasteiger partial charge in [0.25, 0.3) is 0 Å². The van der Waals surface area contributed by atoms with E-state index in [4.69, 9.17) is 0 Å². The molecule has 0 aromatic carbocycles. The zero-order valence-corrected chi connectivity index (χ0v) is 11.0. The molecule has 2 nitrogen and oxygen atoms in total. The minimum Gasteiger partial charge on any atom is -0.318 e. The Balaban J connectivity index is 2.50. The first-order valence-corrected chi connectivity index (χ1v) is 6.47. The first-order valence-electron chi connectivity index (χ1n) is 6.47. The third-order valence-corrected chi connectivity index (χ3v) is 3.51. The van der Waals surface area contributed by atoms with Crippen LogP contribution in [0.3, 0.4) is 0 Å². The Morgan fingerprint density at radius 2 is 2.13 bits per heavy atom. The van der Waals surface area contributed by atoms with Crippen LogP contribution in [0.5, 0.6) is 0 Å². The molecule has 0 aromatic heterocycles. The van der Waals surface area contributed by atoms with Gasteiger partial charge in [-0.05, 0) is 38.3 Å². The zero-order chi connectivity index (χ0) is 11.3. The Kier molecular flexibility index (Phi) is 5.07. The molecule has 0 aliphatic carbocycles. The molecule has 0 spiro atoms. The number of piperidine rings is 1. The quantitative estimate of drug-likeness (QED) is 0.753. The van der Waals surface area contributed by atoms with Crippen LogP contribution in [0.1, 0.15) is 46.5 Å². The van der Waals surface area contributed by atoms with Crippen molar-refractivity contribution in [3.05, 3.63) is 0 Å². The van der Waals surface area contributed by atoms with Crippen LogP contribution in [0.25, 0.3) is 0 Å². The second-order valence-corrected chi connectivity index (χ2v) is 5.74. The van der Waals surface area contributed by atoms with E-state index in [1.807, 2.05) is 0 Å². The molecule has 0 amide bonds. The van der Waals surface area contributed by atoms with E-state index >= 15 is 0 Å². The predicted molar refractivity (Wildman–Crippen MR) is 67.2 cm³/mol. The second kappa shape index (κ2) is 5.86. The van der Waals surface area contributed by atoms with Gasteiger partial charge in [-0.2, -0.15) is 0 Å². The molecule has 1 heterocycles. The number of nitrogens with zero attached hydrogens (tertiary/aromatic N) is 1. The largest absolute Gasteiger partial charge is 0.318 e. The van der Waals surface area contributed by atoms with Crippen molar-refractivity contribution in [1.82, 2.24) is 10.2 Å². The van der Waals surface area contributed by atoms with Gasteiger partial charge in [0, 0.05) is 19.1 Å². The minimum atomic E-state index is 0.526. The Labute approximate surface area is 95.4 Å². The van der Waals surface area contributed by atoms with E-state index < -0.39 is 0 Å². The third kappa shape index (κ3) is 4.12. The predicted octanol–water partition coefficient (Wildman–Crippen LogP) is 2.50. The molecule has 0 radical (unpaired) electrons. The fourth-order valence-electron chi connectivity index (χ4n) is 2.76. The van der Waals surface area contributed by atoms with Crippen LogP contribution in [0.2, 0.25) is 0 Å². The van der Waals surface area contributed by atoms with Crippen molar-refractivity contribution in [2.24, 2.45) is 5.41 Å². The highest BCUT2D eigenvalue weighted by Crippen LogP contribution is 2.30. The van der Waals surface area contributed by atoms with Gasteiger partial charge in [0.1, 0.15) is 0 Å². The number of likely N-dealkylation sites (tertiary alicyclic amines) is 1. The van der Waals surface area contributed by atoms with E-state index in [1.165, 1.54) is 38.8 Å². The summed E-state index contributed by atoms with van der Waals surface area (Å²) in [7, 11) is 2.07. The van der Waals surface area contributed by atoms with Gasteiger partial charge in [-0.1, -0.05) is 27.2 Å². The highest BCUT2D eigenvalue weighted by molar-refractivity contribution is 4.84. The van der Waals surface area contributed by atoms with Gasteiger partial charge in [0.15, 0.2) is 0 Å². The van der Waals surface area contributed by atoms with E-state index in [0.717, 1.165) is 12.6 Å². The lowest BCUT2D eigenvalue weighted by atomic mass is 9.83. The van der Waals surface area contributed by atoms with Crippen LogP contribution < -0.4 is 5.32 Å². The van der Waals surface area contributed by atoms with E-state index in [9.17, 15) is 0 Å². The zero-order valence-electron chi connectivity index (χ0n) is 11.0. The molecule has 1 atom stereocenters. The summed E-state index contributed by atoms with van der Waals surface area (Å²) in [4.78, 5) is 2.70. The number of likely N-dealkylation sites (N-methyl/N-ethyl adjacent to an activating group) is 1. The first kappa shape index (κ1) is 13.0. The van der Waals surface area contributed by atoms with E-state index in [2.05, 4.69) is 38.0 Å². The van der Waals surface area contributed by atoms with Crippen LogP contribution in [-0.4, -0.2) is 37.6 Å². The summed E-state index contributed by atoms with van der Waals surface area (Å²) in [6.45, 7) is 10.8. The molecule has 1 rings (SSSR count). The molecule has 0 saturated carbocycles. The average molecular weight is 212 g/mol. The van der Waals surface area contributed by atoms with Crippen molar-refractivity contribution in [2.75, 3.05) is 26.7 Å². The number of nitrogens with one attached hydrogen (secondary N) is 1. The molecule has 15 heavy (non-hydrogen) atoms. The maximum absolute atomic E-state index is 3.34. The van der Waals surface area contributed by atoms with Gasteiger partial charge in [-0.25, -0.2) is 0 Å². The first-order chi connectivity index (χ1) is 7.09. The molecule has 0 aromatic rings. The van der Waals surface area contributed by atoms with Crippen molar-refractivity contribution in [1.29, 1.82) is 0 Å². The van der Waals surface area contributed by atoms with Crippen LogP contribution >= 0.6 is 0 Å². The van der Waals surface area contributed by atoms with Crippen molar-refractivity contribution in [2.45, 2.75) is 52.5 Å². The van der Waals surface area contributed by atoms with E-state index in [-0.39, 0.29) is 0 Å². The number of hydrogen-bond acceptors (Lipinski definition) is 2. The molecular weight excluding hydrogens is 184 g/mol. The summed E-state index contributed by atoms with van der Waals surface area (Å²) in [6.07, 6.45) is 5.39. The smallest absolute Gasteiger partial charge is 0.0220 e. The molecule has 1 aliphatic heterocycles. The third-order valence-electron chi connectivity index (χ3n) is 3.51. The standard InChI is InChI=1S/C13H28N2/c1-5-7-12(10-14-4)15-9-6-8-13(2,3)11-15/h12,14H,5-11H2,1-4H3. The van der Waals surface area contributed by atoms with Gasteiger partial charge < -0.3 is 5.32 Å². The Hall–Kier alpha value is -0.0800. The molecule has 0 bridgehead atoms. The maximum Gasteiger partial charge on any atom is 0.0220 e. The van der Waals surface area contributed by atoms with Crippen molar-refractivity contribution in [3.8, 4) is 0 Å². The van der Waals surface area contributed by atoms with Gasteiger partial charge in [-0.15, -0.1) is 0 Å². The van der Waals surface area contributed by atoms with Crippen LogP contribution in [0, 0.1) is 5.41 Å². The van der Waals surface area contributed by atoms with E-state index in [0.29, 0.717) is 5.41 Å². The van der Waals surface area contributed by atoms with Gasteiger partial charge in [-0.3, -0.25) is 4.90 Å². The molecule has 1 unspecified atom stereocenters. The highest BCUT2D eigenvalue weighted by atomic mass is 15.2. The lowest BCUT2D eigenvalue weighted by Crippen LogP contribution is -2.49. The minimum absolute atomic E-state index is 0.526. The molecular formula is C13H28N2. The number of rotatable bonds is 5. The second-order valence-electron chi connectivity index (χ2n) is 5.74. The normalized spacial score (nSPS) is 24.0.